The molecular formula is C10H8ClNO. The summed E-state index contributed by atoms with van der Waals surface area (Å²) < 4.78 is 0. The summed E-state index contributed by atoms with van der Waals surface area (Å²) in [7, 11) is 0. The highest BCUT2D eigenvalue weighted by Crippen LogP contribution is 2.27. The molecular weight excluding hydrogens is 186 g/mol. The predicted molar refractivity (Wildman–Crippen MR) is 53.4 cm³/mol. The van der Waals surface area contributed by atoms with E-state index in [1.54, 1.807) is 6.20 Å². The van der Waals surface area contributed by atoms with Crippen LogP contribution in [0.4, 0.5) is 0 Å². The molecule has 1 N–H and O–H groups in total. The first kappa shape index (κ1) is 8.32. The zero-order valence-corrected chi connectivity index (χ0v) is 7.85. The summed E-state index contributed by atoms with van der Waals surface area (Å²) in [5, 5.41) is 1.57. The highest BCUT2D eigenvalue weighted by atomic mass is 35.5. The minimum atomic E-state index is 0.647. The molecule has 1 aromatic carbocycles. The first-order valence-electron chi connectivity index (χ1n) is 3.95. The maximum Gasteiger partial charge on any atom is 0.152 e. The van der Waals surface area contributed by atoms with Gasteiger partial charge in [-0.15, -0.1) is 0 Å². The van der Waals surface area contributed by atoms with Crippen LogP contribution in [-0.4, -0.2) is 11.3 Å². The molecule has 0 aliphatic carbocycles. The lowest BCUT2D eigenvalue weighted by molar-refractivity contribution is 0.112. The highest BCUT2D eigenvalue weighted by molar-refractivity contribution is 6.35. The fourth-order valence-corrected chi connectivity index (χ4v) is 1.72. The number of carbonyl (C=O) groups excluding carboxylic acids is 1. The molecule has 2 aromatic rings. The number of nitrogens with one attached hydrogen (secondary N) is 1. The van der Waals surface area contributed by atoms with Crippen LogP contribution in [0.25, 0.3) is 10.9 Å². The van der Waals surface area contributed by atoms with E-state index in [4.69, 9.17) is 11.6 Å². The Bertz CT molecular complexity index is 473. The van der Waals surface area contributed by atoms with Crippen molar-refractivity contribution in [2.24, 2.45) is 0 Å². The number of aromatic amines is 1. The number of benzene rings is 1. The Labute approximate surface area is 80.5 Å². The van der Waals surface area contributed by atoms with E-state index in [1.165, 1.54) is 0 Å². The number of H-pyrrole nitrogens is 1. The molecule has 0 amide bonds. The SMILES string of the molecule is Cc1ccc(Cl)c2[nH]cc(C=O)c12. The van der Waals surface area contributed by atoms with Crippen LogP contribution >= 0.6 is 11.6 Å². The molecule has 66 valence electrons. The number of halogens is 1. The van der Waals surface area contributed by atoms with Crippen LogP contribution in [-0.2, 0) is 0 Å². The van der Waals surface area contributed by atoms with Crippen molar-refractivity contribution in [3.05, 3.63) is 34.5 Å². The lowest BCUT2D eigenvalue weighted by Gasteiger charge is -1.98. The molecule has 1 heterocycles. The van der Waals surface area contributed by atoms with E-state index in [1.807, 2.05) is 19.1 Å². The van der Waals surface area contributed by atoms with E-state index in [-0.39, 0.29) is 0 Å². The summed E-state index contributed by atoms with van der Waals surface area (Å²) in [6.07, 6.45) is 2.51. The molecule has 0 aliphatic rings. The molecule has 0 aliphatic heterocycles. The van der Waals surface area contributed by atoms with Gasteiger partial charge in [0.15, 0.2) is 6.29 Å². The summed E-state index contributed by atoms with van der Waals surface area (Å²) in [5.74, 6) is 0. The number of rotatable bonds is 1. The molecule has 0 spiro atoms. The predicted octanol–water partition coefficient (Wildman–Crippen LogP) is 2.94. The summed E-state index contributed by atoms with van der Waals surface area (Å²) in [6.45, 7) is 1.96. The number of aromatic nitrogens is 1. The van der Waals surface area contributed by atoms with Crippen molar-refractivity contribution in [3.8, 4) is 0 Å². The van der Waals surface area contributed by atoms with Crippen molar-refractivity contribution in [2.45, 2.75) is 6.92 Å². The van der Waals surface area contributed by atoms with Gasteiger partial charge in [-0.25, -0.2) is 0 Å². The topological polar surface area (TPSA) is 32.9 Å². The Hall–Kier alpha value is -1.28. The second kappa shape index (κ2) is 2.89. The third-order valence-corrected chi connectivity index (χ3v) is 2.47. The molecule has 2 rings (SSSR count). The van der Waals surface area contributed by atoms with Crippen molar-refractivity contribution < 1.29 is 4.79 Å². The van der Waals surface area contributed by atoms with E-state index in [0.717, 1.165) is 22.8 Å². The summed E-state index contributed by atoms with van der Waals surface area (Å²) in [5.41, 5.74) is 2.56. The second-order valence-electron chi connectivity index (χ2n) is 2.98. The zero-order valence-electron chi connectivity index (χ0n) is 7.10. The number of fused-ring (bicyclic) bond motifs is 1. The molecule has 0 saturated carbocycles. The standard InChI is InChI=1S/C10H8ClNO/c1-6-2-3-8(11)10-9(6)7(5-13)4-12-10/h2-5,12H,1H3. The smallest absolute Gasteiger partial charge is 0.152 e. The van der Waals surface area contributed by atoms with E-state index in [0.29, 0.717) is 10.6 Å². The van der Waals surface area contributed by atoms with Crippen molar-refractivity contribution in [1.82, 2.24) is 4.98 Å². The van der Waals surface area contributed by atoms with Gasteiger partial charge in [0.1, 0.15) is 0 Å². The molecule has 0 saturated heterocycles. The fourth-order valence-electron chi connectivity index (χ4n) is 1.51. The van der Waals surface area contributed by atoms with Crippen LogP contribution in [0.3, 0.4) is 0 Å². The Kier molecular flexibility index (Phi) is 1.85. The molecule has 0 unspecified atom stereocenters. The third-order valence-electron chi connectivity index (χ3n) is 2.15. The number of hydrogen-bond donors (Lipinski definition) is 1. The summed E-state index contributed by atoms with van der Waals surface area (Å²) >= 11 is 5.95. The second-order valence-corrected chi connectivity index (χ2v) is 3.38. The molecule has 0 fully saturated rings. The van der Waals surface area contributed by atoms with E-state index in [9.17, 15) is 4.79 Å². The number of hydrogen-bond acceptors (Lipinski definition) is 1. The largest absolute Gasteiger partial charge is 0.359 e. The molecule has 13 heavy (non-hydrogen) atoms. The van der Waals surface area contributed by atoms with Gasteiger partial charge in [0.05, 0.1) is 10.5 Å². The molecule has 0 atom stereocenters. The average Bonchev–Trinajstić information content (AvgIpc) is 2.56. The molecule has 0 bridgehead atoms. The van der Waals surface area contributed by atoms with Gasteiger partial charge >= 0.3 is 0 Å². The zero-order chi connectivity index (χ0) is 9.42. The van der Waals surface area contributed by atoms with Gasteiger partial charge in [-0.05, 0) is 18.6 Å². The molecule has 0 radical (unpaired) electrons. The molecule has 3 heteroatoms. The normalized spacial score (nSPS) is 10.6. The van der Waals surface area contributed by atoms with Crippen LogP contribution in [0.1, 0.15) is 15.9 Å². The average molecular weight is 194 g/mol. The van der Waals surface area contributed by atoms with Gasteiger partial charge in [0.25, 0.3) is 0 Å². The lowest BCUT2D eigenvalue weighted by Crippen LogP contribution is -1.80. The lowest BCUT2D eigenvalue weighted by atomic mass is 10.1. The fraction of sp³-hybridized carbons (Fsp3) is 0.100. The van der Waals surface area contributed by atoms with E-state index >= 15 is 0 Å². The molecule has 2 nitrogen and oxygen atoms in total. The van der Waals surface area contributed by atoms with Crippen LogP contribution in [0.2, 0.25) is 5.02 Å². The van der Waals surface area contributed by atoms with Crippen molar-refractivity contribution >= 4 is 28.8 Å². The highest BCUT2D eigenvalue weighted by Gasteiger charge is 2.07. The Morgan fingerprint density at radius 1 is 1.46 bits per heavy atom. The maximum atomic E-state index is 10.7. The van der Waals surface area contributed by atoms with Crippen molar-refractivity contribution in [3.63, 3.8) is 0 Å². The first-order valence-corrected chi connectivity index (χ1v) is 4.33. The Balaban J connectivity index is 2.95. The van der Waals surface area contributed by atoms with E-state index < -0.39 is 0 Å². The van der Waals surface area contributed by atoms with Crippen molar-refractivity contribution in [2.75, 3.05) is 0 Å². The Morgan fingerprint density at radius 3 is 2.92 bits per heavy atom. The van der Waals surface area contributed by atoms with Gasteiger partial charge in [0.2, 0.25) is 0 Å². The maximum absolute atomic E-state index is 10.7. The first-order chi connectivity index (χ1) is 6.24. The number of aryl methyl sites for hydroxylation is 1. The van der Waals surface area contributed by atoms with Crippen molar-refractivity contribution in [1.29, 1.82) is 0 Å². The summed E-state index contributed by atoms with van der Waals surface area (Å²) in [6, 6.07) is 3.73. The minimum absolute atomic E-state index is 0.647. The van der Waals surface area contributed by atoms with Crippen LogP contribution in [0, 0.1) is 6.92 Å². The van der Waals surface area contributed by atoms with Gasteiger partial charge < -0.3 is 4.98 Å². The van der Waals surface area contributed by atoms with Gasteiger partial charge in [0, 0.05) is 17.1 Å². The van der Waals surface area contributed by atoms with Crippen LogP contribution in [0.15, 0.2) is 18.3 Å². The van der Waals surface area contributed by atoms with Gasteiger partial charge in [-0.1, -0.05) is 17.7 Å². The van der Waals surface area contributed by atoms with Crippen LogP contribution in [0.5, 0.6) is 0 Å². The van der Waals surface area contributed by atoms with Gasteiger partial charge in [-0.2, -0.15) is 0 Å². The molecule has 1 aromatic heterocycles. The quantitative estimate of drug-likeness (QED) is 0.694. The number of carbonyl (C=O) groups is 1. The van der Waals surface area contributed by atoms with E-state index in [2.05, 4.69) is 4.98 Å². The van der Waals surface area contributed by atoms with Gasteiger partial charge in [-0.3, -0.25) is 4.79 Å². The van der Waals surface area contributed by atoms with Crippen LogP contribution < -0.4 is 0 Å². The Morgan fingerprint density at radius 2 is 2.23 bits per heavy atom. The summed E-state index contributed by atoms with van der Waals surface area (Å²) in [4.78, 5) is 13.7. The third kappa shape index (κ3) is 1.14. The minimum Gasteiger partial charge on any atom is -0.359 e. The number of aldehydes is 1. The monoisotopic (exact) mass is 193 g/mol.